The Morgan fingerprint density at radius 1 is 1.71 bits per heavy atom. The Kier molecular flexibility index (Phi) is 4.12. The first kappa shape index (κ1) is 12.5. The molecule has 2 rings (SSSR count). The summed E-state index contributed by atoms with van der Waals surface area (Å²) in [6, 6.07) is 0.255. The summed E-state index contributed by atoms with van der Waals surface area (Å²) in [7, 11) is 0. The molecule has 0 bridgehead atoms. The Morgan fingerprint density at radius 3 is 3.06 bits per heavy atom. The molecule has 1 aliphatic rings. The molecular formula is C12H19N3OS. The van der Waals surface area contributed by atoms with Gasteiger partial charge in [0.2, 0.25) is 5.91 Å². The molecule has 0 saturated heterocycles. The topological polar surface area (TPSA) is 68.0 Å². The third-order valence-corrected chi connectivity index (χ3v) is 4.21. The van der Waals surface area contributed by atoms with E-state index in [1.54, 1.807) is 17.5 Å². The molecular weight excluding hydrogens is 234 g/mol. The van der Waals surface area contributed by atoms with Crippen molar-refractivity contribution in [2.45, 2.75) is 44.7 Å². The number of hydrogen-bond donors (Lipinski definition) is 2. The molecule has 1 aromatic heterocycles. The van der Waals surface area contributed by atoms with Crippen LogP contribution >= 0.6 is 11.3 Å². The molecule has 1 saturated carbocycles. The molecule has 1 aliphatic carbocycles. The van der Waals surface area contributed by atoms with E-state index in [4.69, 9.17) is 5.73 Å². The minimum Gasteiger partial charge on any atom is -0.347 e. The molecule has 0 spiro atoms. The van der Waals surface area contributed by atoms with Gasteiger partial charge < -0.3 is 11.1 Å². The lowest BCUT2D eigenvalue weighted by Gasteiger charge is -2.17. The second-order valence-corrected chi connectivity index (χ2v) is 5.54. The number of aromatic nitrogens is 1. The second kappa shape index (κ2) is 5.60. The molecule has 1 aromatic rings. The zero-order valence-electron chi connectivity index (χ0n) is 10.1. The van der Waals surface area contributed by atoms with Gasteiger partial charge in [-0.25, -0.2) is 4.98 Å². The van der Waals surface area contributed by atoms with Gasteiger partial charge >= 0.3 is 0 Å². The van der Waals surface area contributed by atoms with E-state index in [1.807, 2.05) is 5.38 Å². The van der Waals surface area contributed by atoms with Crippen LogP contribution in [0.1, 0.15) is 43.7 Å². The highest BCUT2D eigenvalue weighted by Crippen LogP contribution is 2.26. The van der Waals surface area contributed by atoms with E-state index in [0.29, 0.717) is 0 Å². The Balaban J connectivity index is 1.93. The van der Waals surface area contributed by atoms with Gasteiger partial charge in [0.1, 0.15) is 5.01 Å². The number of amides is 1. The number of thiazole rings is 1. The summed E-state index contributed by atoms with van der Waals surface area (Å²) in [6.45, 7) is 2.06. The summed E-state index contributed by atoms with van der Waals surface area (Å²) < 4.78 is 0. The maximum atomic E-state index is 12.1. The third-order valence-electron chi connectivity index (χ3n) is 3.32. The van der Waals surface area contributed by atoms with Crippen molar-refractivity contribution in [1.82, 2.24) is 10.3 Å². The Bertz CT molecular complexity index is 366. The van der Waals surface area contributed by atoms with Gasteiger partial charge in [0, 0.05) is 23.5 Å². The fourth-order valence-corrected chi connectivity index (χ4v) is 3.06. The van der Waals surface area contributed by atoms with Crippen LogP contribution in [0.3, 0.4) is 0 Å². The number of nitrogens with zero attached hydrogens (tertiary/aromatic N) is 1. The van der Waals surface area contributed by atoms with Crippen molar-refractivity contribution in [3.63, 3.8) is 0 Å². The van der Waals surface area contributed by atoms with Gasteiger partial charge in [0.15, 0.2) is 0 Å². The summed E-state index contributed by atoms with van der Waals surface area (Å²) in [4.78, 5) is 16.3. The number of hydrogen-bond acceptors (Lipinski definition) is 4. The molecule has 0 aliphatic heterocycles. The van der Waals surface area contributed by atoms with Crippen molar-refractivity contribution >= 4 is 17.2 Å². The van der Waals surface area contributed by atoms with Crippen LogP contribution in [0.15, 0.2) is 11.6 Å². The smallest absolute Gasteiger partial charge is 0.223 e. The predicted molar refractivity (Wildman–Crippen MR) is 68.6 cm³/mol. The number of carbonyl (C=O) groups is 1. The van der Waals surface area contributed by atoms with Gasteiger partial charge in [0.25, 0.3) is 0 Å². The molecule has 0 radical (unpaired) electrons. The summed E-state index contributed by atoms with van der Waals surface area (Å²) >= 11 is 1.59. The largest absolute Gasteiger partial charge is 0.347 e. The fraction of sp³-hybridized carbons (Fsp3) is 0.667. The molecule has 1 amide bonds. The van der Waals surface area contributed by atoms with Crippen LogP contribution in [0, 0.1) is 5.92 Å². The van der Waals surface area contributed by atoms with E-state index in [2.05, 4.69) is 17.2 Å². The van der Waals surface area contributed by atoms with E-state index in [-0.39, 0.29) is 23.9 Å². The summed E-state index contributed by atoms with van der Waals surface area (Å²) in [5.41, 5.74) is 5.83. The second-order valence-electron chi connectivity index (χ2n) is 4.61. The number of rotatable bonds is 4. The summed E-state index contributed by atoms with van der Waals surface area (Å²) in [5, 5.41) is 6.01. The van der Waals surface area contributed by atoms with Crippen LogP contribution in [0.4, 0.5) is 0 Å². The van der Waals surface area contributed by atoms with Gasteiger partial charge in [-0.1, -0.05) is 6.92 Å². The van der Waals surface area contributed by atoms with Crippen molar-refractivity contribution in [3.8, 4) is 0 Å². The Hall–Kier alpha value is -0.940. The van der Waals surface area contributed by atoms with Crippen molar-refractivity contribution < 1.29 is 4.79 Å². The number of nitrogens with one attached hydrogen (secondary N) is 1. The van der Waals surface area contributed by atoms with Gasteiger partial charge in [0.05, 0.1) is 6.04 Å². The van der Waals surface area contributed by atoms with Crippen LogP contribution in [0.2, 0.25) is 0 Å². The molecule has 1 fully saturated rings. The predicted octanol–water partition coefficient (Wildman–Crippen LogP) is 1.84. The molecule has 17 heavy (non-hydrogen) atoms. The molecule has 5 heteroatoms. The Labute approximate surface area is 106 Å². The highest BCUT2D eigenvalue weighted by molar-refractivity contribution is 7.09. The van der Waals surface area contributed by atoms with Gasteiger partial charge in [-0.3, -0.25) is 4.79 Å². The minimum atomic E-state index is 0.0549. The first-order valence-corrected chi connectivity index (χ1v) is 7.04. The summed E-state index contributed by atoms with van der Waals surface area (Å²) in [6.07, 6.45) is 5.35. The van der Waals surface area contributed by atoms with Crippen molar-refractivity contribution in [2.24, 2.45) is 11.7 Å². The lowest BCUT2D eigenvalue weighted by atomic mass is 10.1. The first-order valence-electron chi connectivity index (χ1n) is 6.16. The highest BCUT2D eigenvalue weighted by Gasteiger charge is 2.29. The molecule has 3 atom stereocenters. The highest BCUT2D eigenvalue weighted by atomic mass is 32.1. The fourth-order valence-electron chi connectivity index (χ4n) is 2.29. The molecule has 1 heterocycles. The molecule has 3 N–H and O–H groups in total. The van der Waals surface area contributed by atoms with Gasteiger partial charge in [-0.2, -0.15) is 0 Å². The van der Waals surface area contributed by atoms with E-state index in [9.17, 15) is 4.79 Å². The van der Waals surface area contributed by atoms with Crippen LogP contribution in [-0.2, 0) is 4.79 Å². The van der Waals surface area contributed by atoms with Gasteiger partial charge in [-0.15, -0.1) is 11.3 Å². The number of nitrogens with two attached hydrogens (primary N) is 1. The third kappa shape index (κ3) is 3.04. The maximum Gasteiger partial charge on any atom is 0.223 e. The Morgan fingerprint density at radius 2 is 2.53 bits per heavy atom. The lowest BCUT2D eigenvalue weighted by Crippen LogP contribution is -2.33. The molecule has 0 aromatic carbocycles. The quantitative estimate of drug-likeness (QED) is 0.860. The van der Waals surface area contributed by atoms with Crippen molar-refractivity contribution in [3.05, 3.63) is 16.6 Å². The molecule has 94 valence electrons. The van der Waals surface area contributed by atoms with Crippen LogP contribution in [0.5, 0.6) is 0 Å². The van der Waals surface area contributed by atoms with Crippen molar-refractivity contribution in [2.75, 3.05) is 0 Å². The van der Waals surface area contributed by atoms with Crippen LogP contribution in [0.25, 0.3) is 0 Å². The van der Waals surface area contributed by atoms with Crippen LogP contribution in [-0.4, -0.2) is 16.9 Å². The maximum absolute atomic E-state index is 12.1. The minimum absolute atomic E-state index is 0.0549. The SMILES string of the molecule is CCC(NC(=O)C1CCC(N)C1)c1nccs1. The zero-order chi connectivity index (χ0) is 12.3. The lowest BCUT2D eigenvalue weighted by molar-refractivity contribution is -0.125. The van der Waals surface area contributed by atoms with Gasteiger partial charge in [-0.05, 0) is 25.7 Å². The summed E-state index contributed by atoms with van der Waals surface area (Å²) in [5.74, 6) is 0.235. The standard InChI is InChI=1S/C12H19N3OS/c1-2-10(12-14-5-6-17-12)15-11(16)8-3-4-9(13)7-8/h5-6,8-10H,2-4,7,13H2,1H3,(H,15,16). The van der Waals surface area contributed by atoms with E-state index in [0.717, 1.165) is 30.7 Å². The van der Waals surface area contributed by atoms with Crippen molar-refractivity contribution in [1.29, 1.82) is 0 Å². The van der Waals surface area contributed by atoms with E-state index >= 15 is 0 Å². The average molecular weight is 253 g/mol. The normalized spacial score (nSPS) is 25.8. The first-order chi connectivity index (χ1) is 8.20. The zero-order valence-corrected chi connectivity index (χ0v) is 10.9. The average Bonchev–Trinajstić information content (AvgIpc) is 2.96. The van der Waals surface area contributed by atoms with Crippen LogP contribution < -0.4 is 11.1 Å². The number of carbonyl (C=O) groups excluding carboxylic acids is 1. The van der Waals surface area contributed by atoms with E-state index < -0.39 is 0 Å². The molecule has 3 unspecified atom stereocenters. The van der Waals surface area contributed by atoms with E-state index in [1.165, 1.54) is 0 Å². The monoisotopic (exact) mass is 253 g/mol. The molecule has 4 nitrogen and oxygen atoms in total.